The molecule has 0 fully saturated rings. The second-order valence-corrected chi connectivity index (χ2v) is 14.2. The zero-order valence-corrected chi connectivity index (χ0v) is 34.1. The van der Waals surface area contributed by atoms with Gasteiger partial charge in [0.05, 0.1) is 0 Å². The van der Waals surface area contributed by atoms with Crippen LogP contribution in [0.3, 0.4) is 0 Å². The molecule has 0 aromatic carbocycles. The van der Waals surface area contributed by atoms with Gasteiger partial charge >= 0.3 is 17.9 Å². The summed E-state index contributed by atoms with van der Waals surface area (Å²) in [5.41, 5.74) is 0. The topological polar surface area (TPSA) is 78.9 Å². The van der Waals surface area contributed by atoms with Crippen molar-refractivity contribution in [3.05, 3.63) is 48.6 Å². The Balaban J connectivity index is 4.01. The van der Waals surface area contributed by atoms with E-state index in [1.54, 1.807) is 0 Å². The van der Waals surface area contributed by atoms with Gasteiger partial charge < -0.3 is 14.2 Å². The van der Waals surface area contributed by atoms with E-state index in [-0.39, 0.29) is 31.1 Å². The Morgan fingerprint density at radius 2 is 0.750 bits per heavy atom. The molecule has 0 saturated carbocycles. The average Bonchev–Trinajstić information content (AvgIpc) is 3.14. The molecule has 300 valence electrons. The molecule has 0 aromatic heterocycles. The van der Waals surface area contributed by atoms with Crippen molar-refractivity contribution in [3.63, 3.8) is 0 Å². The number of esters is 3. The molecule has 0 aliphatic carbocycles. The summed E-state index contributed by atoms with van der Waals surface area (Å²) in [5, 5.41) is 0. The van der Waals surface area contributed by atoms with Crippen LogP contribution in [0.25, 0.3) is 0 Å². The third kappa shape index (κ3) is 38.6. The third-order valence-electron chi connectivity index (χ3n) is 9.10. The smallest absolute Gasteiger partial charge is 0.306 e. The van der Waals surface area contributed by atoms with Crippen LogP contribution in [0.2, 0.25) is 0 Å². The maximum absolute atomic E-state index is 12.5. The van der Waals surface area contributed by atoms with E-state index >= 15 is 0 Å². The maximum Gasteiger partial charge on any atom is 0.306 e. The minimum atomic E-state index is -0.764. The molecule has 0 saturated heterocycles. The number of hydrogen-bond donors (Lipinski definition) is 0. The Hall–Kier alpha value is -2.63. The molecular weight excluding hydrogens is 649 g/mol. The SMILES string of the molecule is CC/C=C\C/C=C\C/C=C\C/C=C\CCCCCCCCCCCCC(=O)OCC(COC(=O)CCCCCCC)OC(=O)CCCCCCCC. The van der Waals surface area contributed by atoms with Gasteiger partial charge in [-0.2, -0.15) is 0 Å². The van der Waals surface area contributed by atoms with E-state index in [9.17, 15) is 14.4 Å². The first-order chi connectivity index (χ1) is 25.5. The fraction of sp³-hybridized carbons (Fsp3) is 0.761. The number of unbranched alkanes of at least 4 members (excludes halogenated alkanes) is 19. The first kappa shape index (κ1) is 49.4. The largest absolute Gasteiger partial charge is 0.462 e. The van der Waals surface area contributed by atoms with E-state index in [0.717, 1.165) is 89.9 Å². The quantitative estimate of drug-likeness (QED) is 0.0272. The van der Waals surface area contributed by atoms with E-state index in [1.807, 2.05) is 0 Å². The van der Waals surface area contributed by atoms with Gasteiger partial charge in [0, 0.05) is 19.3 Å². The highest BCUT2D eigenvalue weighted by Gasteiger charge is 2.19. The van der Waals surface area contributed by atoms with Crippen molar-refractivity contribution >= 4 is 17.9 Å². The number of rotatable bonds is 38. The minimum Gasteiger partial charge on any atom is -0.462 e. The van der Waals surface area contributed by atoms with Crippen LogP contribution >= 0.6 is 0 Å². The molecule has 0 spiro atoms. The predicted octanol–water partition coefficient (Wildman–Crippen LogP) is 13.6. The molecule has 0 aliphatic rings. The number of hydrogen-bond acceptors (Lipinski definition) is 6. The van der Waals surface area contributed by atoms with E-state index in [0.29, 0.717) is 19.3 Å². The second-order valence-electron chi connectivity index (χ2n) is 14.2. The minimum absolute atomic E-state index is 0.0748. The molecule has 0 heterocycles. The van der Waals surface area contributed by atoms with Crippen LogP contribution in [-0.2, 0) is 28.6 Å². The Morgan fingerprint density at radius 3 is 1.17 bits per heavy atom. The van der Waals surface area contributed by atoms with Crippen LogP contribution in [0.15, 0.2) is 48.6 Å². The monoisotopic (exact) mass is 729 g/mol. The molecule has 6 heteroatoms. The van der Waals surface area contributed by atoms with E-state index in [4.69, 9.17) is 14.2 Å². The molecule has 0 rings (SSSR count). The summed E-state index contributed by atoms with van der Waals surface area (Å²) in [5.74, 6) is -0.906. The van der Waals surface area contributed by atoms with Gasteiger partial charge in [0.15, 0.2) is 6.10 Å². The summed E-state index contributed by atoms with van der Waals surface area (Å²) < 4.78 is 16.5. The summed E-state index contributed by atoms with van der Waals surface area (Å²) in [6.07, 6.45) is 47.3. The molecule has 0 N–H and O–H groups in total. The normalized spacial score (nSPS) is 12.4. The Morgan fingerprint density at radius 1 is 0.404 bits per heavy atom. The number of ether oxygens (including phenoxy) is 3. The van der Waals surface area contributed by atoms with Crippen LogP contribution in [0, 0.1) is 0 Å². The van der Waals surface area contributed by atoms with Gasteiger partial charge in [0.2, 0.25) is 0 Å². The zero-order chi connectivity index (χ0) is 38.0. The first-order valence-electron chi connectivity index (χ1n) is 21.6. The molecule has 0 bridgehead atoms. The average molecular weight is 729 g/mol. The summed E-state index contributed by atoms with van der Waals surface area (Å²) in [6.45, 7) is 6.36. The molecule has 52 heavy (non-hydrogen) atoms. The lowest BCUT2D eigenvalue weighted by Crippen LogP contribution is -2.30. The standard InChI is InChI=1S/C46H80O6/c1-4-7-10-13-15-16-17-18-19-20-21-22-23-24-25-26-27-28-29-30-31-34-36-39-45(48)51-42-43(41-50-44(47)38-35-32-12-9-6-3)52-46(49)40-37-33-14-11-8-5-2/h7,10,15-16,18-19,21-22,43H,4-6,8-9,11-14,17,20,23-42H2,1-3H3/b10-7-,16-15-,19-18-,22-21-. The summed E-state index contributed by atoms with van der Waals surface area (Å²) in [7, 11) is 0. The Bertz CT molecular complexity index is 933. The van der Waals surface area contributed by atoms with Crippen molar-refractivity contribution in [2.75, 3.05) is 13.2 Å². The lowest BCUT2D eigenvalue weighted by atomic mass is 10.1. The molecule has 1 atom stereocenters. The van der Waals surface area contributed by atoms with Crippen molar-refractivity contribution in [3.8, 4) is 0 Å². The maximum atomic E-state index is 12.5. The van der Waals surface area contributed by atoms with Gasteiger partial charge in [-0.3, -0.25) is 14.4 Å². The van der Waals surface area contributed by atoms with Crippen molar-refractivity contribution in [1.82, 2.24) is 0 Å². The summed E-state index contributed by atoms with van der Waals surface area (Å²) >= 11 is 0. The third-order valence-corrected chi connectivity index (χ3v) is 9.10. The van der Waals surface area contributed by atoms with Gasteiger partial charge in [0.25, 0.3) is 0 Å². The molecule has 1 unspecified atom stereocenters. The fourth-order valence-electron chi connectivity index (χ4n) is 5.84. The highest BCUT2D eigenvalue weighted by molar-refractivity contribution is 5.71. The van der Waals surface area contributed by atoms with Gasteiger partial charge in [0.1, 0.15) is 13.2 Å². The lowest BCUT2D eigenvalue weighted by molar-refractivity contribution is -0.167. The molecule has 0 aromatic rings. The molecule has 6 nitrogen and oxygen atoms in total. The fourth-order valence-corrected chi connectivity index (χ4v) is 5.84. The zero-order valence-electron chi connectivity index (χ0n) is 34.1. The number of carbonyl (C=O) groups excluding carboxylic acids is 3. The molecule has 0 amide bonds. The summed E-state index contributed by atoms with van der Waals surface area (Å²) in [6, 6.07) is 0. The predicted molar refractivity (Wildman–Crippen MR) is 219 cm³/mol. The van der Waals surface area contributed by atoms with Gasteiger partial charge in [-0.1, -0.05) is 179 Å². The summed E-state index contributed by atoms with van der Waals surface area (Å²) in [4.78, 5) is 37.2. The molecular formula is C46H80O6. The van der Waals surface area contributed by atoms with Crippen molar-refractivity contribution < 1.29 is 28.6 Å². The van der Waals surface area contributed by atoms with E-state index < -0.39 is 6.10 Å². The number of allylic oxidation sites excluding steroid dienone is 8. The van der Waals surface area contributed by atoms with Crippen molar-refractivity contribution in [2.24, 2.45) is 0 Å². The Kier molecular flexibility index (Phi) is 39.1. The van der Waals surface area contributed by atoms with Crippen LogP contribution in [0.5, 0.6) is 0 Å². The van der Waals surface area contributed by atoms with Gasteiger partial charge in [-0.15, -0.1) is 0 Å². The van der Waals surface area contributed by atoms with E-state index in [1.165, 1.54) is 77.0 Å². The van der Waals surface area contributed by atoms with Crippen LogP contribution < -0.4 is 0 Å². The second kappa shape index (κ2) is 41.1. The van der Waals surface area contributed by atoms with Crippen molar-refractivity contribution in [2.45, 2.75) is 213 Å². The van der Waals surface area contributed by atoms with Crippen LogP contribution in [0.4, 0.5) is 0 Å². The van der Waals surface area contributed by atoms with Gasteiger partial charge in [-0.25, -0.2) is 0 Å². The first-order valence-corrected chi connectivity index (χ1v) is 21.6. The van der Waals surface area contributed by atoms with Gasteiger partial charge in [-0.05, 0) is 57.8 Å². The van der Waals surface area contributed by atoms with Crippen LogP contribution in [0.1, 0.15) is 207 Å². The Labute approximate surface area is 320 Å². The molecule has 0 radical (unpaired) electrons. The highest BCUT2D eigenvalue weighted by Crippen LogP contribution is 2.14. The highest BCUT2D eigenvalue weighted by atomic mass is 16.6. The molecule has 0 aliphatic heterocycles. The van der Waals surface area contributed by atoms with Crippen LogP contribution in [-0.4, -0.2) is 37.2 Å². The van der Waals surface area contributed by atoms with E-state index in [2.05, 4.69) is 69.4 Å². The lowest BCUT2D eigenvalue weighted by Gasteiger charge is -2.18. The van der Waals surface area contributed by atoms with Crippen molar-refractivity contribution in [1.29, 1.82) is 0 Å². The number of carbonyl (C=O) groups is 3.